The van der Waals surface area contributed by atoms with Crippen molar-refractivity contribution in [2.75, 3.05) is 62.8 Å². The van der Waals surface area contributed by atoms with Gasteiger partial charge in [0.05, 0.1) is 24.9 Å². The van der Waals surface area contributed by atoms with Crippen LogP contribution in [-0.4, -0.2) is 84.7 Å². The molecule has 2 aliphatic heterocycles. The maximum atomic E-state index is 12.9. The summed E-state index contributed by atoms with van der Waals surface area (Å²) in [7, 11) is 1.86. The fraction of sp³-hybridized carbons (Fsp3) is 0.425. The number of benzene rings is 3. The second kappa shape index (κ2) is 16.4. The monoisotopic (exact) mass is 727 g/mol. The number of nitrogens with zero attached hydrogens (tertiary/aromatic N) is 7. The van der Waals surface area contributed by atoms with Crippen molar-refractivity contribution in [1.82, 2.24) is 19.4 Å². The normalized spacial score (nSPS) is 19.7. The second-order valence-corrected chi connectivity index (χ2v) is 13.9. The average Bonchev–Trinajstić information content (AvgIpc) is 3.76. The Bertz CT molecular complexity index is 1920. The largest absolute Gasteiger partial charge is 0.491 e. The first-order chi connectivity index (χ1) is 25.1. The van der Waals surface area contributed by atoms with Crippen LogP contribution in [0.1, 0.15) is 49.9 Å². The molecule has 0 radical (unpaired) electrons. The predicted molar refractivity (Wildman–Crippen MR) is 209 cm³/mol. The Labute approximate surface area is 311 Å². The van der Waals surface area contributed by atoms with Crippen molar-refractivity contribution in [3.63, 3.8) is 0 Å². The van der Waals surface area contributed by atoms with Gasteiger partial charge >= 0.3 is 5.69 Å². The number of piperazine rings is 1. The van der Waals surface area contributed by atoms with E-state index in [-0.39, 0.29) is 17.8 Å². The number of halogens is 1. The molecule has 0 aliphatic carbocycles. The number of ether oxygens (including phenoxy) is 3. The molecular weight excluding hydrogens is 678 g/mol. The summed E-state index contributed by atoms with van der Waals surface area (Å²) in [6.45, 7) is 16.6. The smallest absolute Gasteiger partial charge is 0.350 e. The minimum absolute atomic E-state index is 0.0655. The van der Waals surface area contributed by atoms with Gasteiger partial charge in [0.1, 0.15) is 24.8 Å². The summed E-state index contributed by atoms with van der Waals surface area (Å²) >= 11 is 6.73. The highest BCUT2D eigenvalue weighted by atomic mass is 35.5. The summed E-state index contributed by atoms with van der Waals surface area (Å²) in [6.07, 6.45) is 6.26. The van der Waals surface area contributed by atoms with Crippen LogP contribution in [0.25, 0.3) is 5.69 Å². The third-order valence-corrected chi connectivity index (χ3v) is 10.2. The average molecular weight is 728 g/mol. The van der Waals surface area contributed by atoms with Gasteiger partial charge < -0.3 is 24.0 Å². The zero-order valence-corrected chi connectivity index (χ0v) is 31.6. The van der Waals surface area contributed by atoms with E-state index in [1.165, 1.54) is 5.69 Å². The molecule has 3 unspecified atom stereocenters. The Kier molecular flexibility index (Phi) is 11.7. The molecule has 0 saturated carbocycles. The summed E-state index contributed by atoms with van der Waals surface area (Å²) in [5.41, 5.74) is 6.01. The Balaban J connectivity index is 1.06. The Hall–Kier alpha value is -4.58. The number of likely N-dealkylation sites (N-methyl/N-ethyl adjacent to an activating group) is 1. The van der Waals surface area contributed by atoms with Crippen LogP contribution >= 0.6 is 11.6 Å². The lowest BCUT2D eigenvalue weighted by atomic mass is 10.0. The minimum atomic E-state index is -1.09. The Morgan fingerprint density at radius 3 is 2.42 bits per heavy atom. The highest BCUT2D eigenvalue weighted by Crippen LogP contribution is 2.39. The molecule has 2 aliphatic rings. The van der Waals surface area contributed by atoms with Gasteiger partial charge in [-0.25, -0.2) is 14.0 Å². The fourth-order valence-corrected chi connectivity index (χ4v) is 7.15. The van der Waals surface area contributed by atoms with Gasteiger partial charge in [0.2, 0.25) is 5.79 Å². The van der Waals surface area contributed by atoms with Gasteiger partial charge in [-0.2, -0.15) is 10.2 Å². The van der Waals surface area contributed by atoms with Crippen molar-refractivity contribution in [2.45, 2.75) is 58.5 Å². The van der Waals surface area contributed by atoms with Crippen LogP contribution in [-0.2, 0) is 21.7 Å². The van der Waals surface area contributed by atoms with E-state index in [0.29, 0.717) is 24.8 Å². The summed E-state index contributed by atoms with van der Waals surface area (Å²) < 4.78 is 22.5. The zero-order valence-electron chi connectivity index (χ0n) is 30.9. The van der Waals surface area contributed by atoms with Gasteiger partial charge in [-0.05, 0) is 92.4 Å². The van der Waals surface area contributed by atoms with Crippen LogP contribution < -0.4 is 20.2 Å². The quantitative estimate of drug-likeness (QED) is 0.106. The second-order valence-electron chi connectivity index (χ2n) is 13.5. The first-order valence-electron chi connectivity index (χ1n) is 18.1. The van der Waals surface area contributed by atoms with E-state index in [0.717, 1.165) is 72.8 Å². The molecule has 4 aromatic rings. The van der Waals surface area contributed by atoms with E-state index in [1.54, 1.807) is 32.9 Å². The van der Waals surface area contributed by atoms with Crippen LogP contribution in [0.2, 0.25) is 5.02 Å². The van der Waals surface area contributed by atoms with E-state index in [2.05, 4.69) is 70.8 Å². The number of hydrogen-bond acceptors (Lipinski definition) is 9. The summed E-state index contributed by atoms with van der Waals surface area (Å²) in [5, 5.41) is 11.1. The van der Waals surface area contributed by atoms with Crippen LogP contribution in [0.3, 0.4) is 0 Å². The van der Waals surface area contributed by atoms with E-state index < -0.39 is 5.79 Å². The Morgan fingerprint density at radius 2 is 1.75 bits per heavy atom. The lowest BCUT2D eigenvalue weighted by Crippen LogP contribution is -2.46. The zero-order chi connectivity index (χ0) is 36.8. The summed E-state index contributed by atoms with van der Waals surface area (Å²) in [5.74, 6) is -0.245. The highest BCUT2D eigenvalue weighted by molar-refractivity contribution is 6.31. The molecule has 2 saturated heterocycles. The van der Waals surface area contributed by atoms with Crippen LogP contribution in [0.15, 0.2) is 89.5 Å². The molecule has 52 heavy (non-hydrogen) atoms. The van der Waals surface area contributed by atoms with Gasteiger partial charge in [0, 0.05) is 61.4 Å². The van der Waals surface area contributed by atoms with Gasteiger partial charge in [-0.15, -0.1) is 0 Å². The molecular formula is C40H50ClN7O4. The molecule has 0 spiro atoms. The van der Waals surface area contributed by atoms with Gasteiger partial charge in [-0.1, -0.05) is 44.2 Å². The summed E-state index contributed by atoms with van der Waals surface area (Å²) in [4.78, 5) is 17.7. The van der Waals surface area contributed by atoms with Crippen molar-refractivity contribution < 1.29 is 14.2 Å². The van der Waals surface area contributed by atoms with Crippen molar-refractivity contribution in [2.24, 2.45) is 5.10 Å². The van der Waals surface area contributed by atoms with E-state index in [4.69, 9.17) is 25.8 Å². The first-order valence-corrected chi connectivity index (χ1v) is 18.5. The maximum Gasteiger partial charge on any atom is 0.350 e. The molecule has 0 amide bonds. The SMILES string of the molecule is C=C/C=N\N(C)CC1(c2ccc(C)cc2Cl)OCC(COc2ccc(N3CCN(c4ccc(-n5cnn(C(C)CC)c5=O)cc4)CC3)cc2CC)O1. The Morgan fingerprint density at radius 1 is 1.06 bits per heavy atom. The molecule has 3 heterocycles. The first kappa shape index (κ1) is 37.2. The number of allylic oxidation sites excluding steroid dienone is 1. The molecule has 11 nitrogen and oxygen atoms in total. The van der Waals surface area contributed by atoms with E-state index >= 15 is 0 Å². The molecule has 3 atom stereocenters. The lowest BCUT2D eigenvalue weighted by Gasteiger charge is -2.37. The molecule has 3 aromatic carbocycles. The number of aryl methyl sites for hydroxylation is 2. The predicted octanol–water partition coefficient (Wildman–Crippen LogP) is 6.61. The molecule has 276 valence electrons. The summed E-state index contributed by atoms with van der Waals surface area (Å²) in [6, 6.07) is 20.6. The van der Waals surface area contributed by atoms with Gasteiger partial charge in [0.25, 0.3) is 0 Å². The van der Waals surface area contributed by atoms with Crippen molar-refractivity contribution in [1.29, 1.82) is 0 Å². The van der Waals surface area contributed by atoms with Crippen molar-refractivity contribution in [3.05, 3.63) is 112 Å². The standard InChI is InChI=1S/C40H50ClN7O4/c1-7-18-42-44(6)27-40(36-16-10-29(4)23-37(36)41)51-26-35(52-40)25-50-38-17-15-34(24-31(38)9-3)46-21-19-45(20-22-46)32-11-13-33(14-12-32)47-28-43-48(39(47)49)30(5)8-2/h7,10-18,23-24,28,30,35H,1,8-9,19-22,25-27H2,2-6H3/b42-18-. The minimum Gasteiger partial charge on any atom is -0.491 e. The molecule has 0 bridgehead atoms. The third kappa shape index (κ3) is 8.06. The number of hydrogen-bond donors (Lipinski definition) is 0. The van der Waals surface area contributed by atoms with E-state index in [1.807, 2.05) is 51.2 Å². The maximum absolute atomic E-state index is 12.9. The number of hydrazone groups is 1. The molecule has 1 aromatic heterocycles. The van der Waals surface area contributed by atoms with E-state index in [9.17, 15) is 4.79 Å². The van der Waals surface area contributed by atoms with Crippen LogP contribution in [0.4, 0.5) is 11.4 Å². The number of aromatic nitrogens is 3. The third-order valence-electron chi connectivity index (χ3n) is 9.89. The van der Waals surface area contributed by atoms with Crippen LogP contribution in [0, 0.1) is 6.92 Å². The molecule has 2 fully saturated rings. The van der Waals surface area contributed by atoms with Gasteiger partial charge in [0.15, 0.2) is 0 Å². The topological polar surface area (TPSA) is 89.6 Å². The molecule has 0 N–H and O–H groups in total. The number of anilines is 2. The number of rotatable bonds is 14. The lowest BCUT2D eigenvalue weighted by molar-refractivity contribution is -0.189. The van der Waals surface area contributed by atoms with Crippen molar-refractivity contribution in [3.8, 4) is 11.4 Å². The highest BCUT2D eigenvalue weighted by Gasteiger charge is 2.46. The van der Waals surface area contributed by atoms with Gasteiger partial charge in [-0.3, -0.25) is 5.01 Å². The van der Waals surface area contributed by atoms with Crippen LogP contribution in [0.5, 0.6) is 5.75 Å². The fourth-order valence-electron chi connectivity index (χ4n) is 6.77. The molecule has 6 rings (SSSR count). The van der Waals surface area contributed by atoms with Crippen molar-refractivity contribution >= 4 is 29.2 Å². The molecule has 12 heteroatoms.